The highest BCUT2D eigenvalue weighted by Crippen LogP contribution is 2.69. The number of benzene rings is 1. The minimum absolute atomic E-state index is 0.1000. The van der Waals surface area contributed by atoms with Gasteiger partial charge in [0.1, 0.15) is 17.3 Å². The van der Waals surface area contributed by atoms with E-state index in [1.54, 1.807) is 19.2 Å². The van der Waals surface area contributed by atoms with Crippen LogP contribution >= 0.6 is 0 Å². The van der Waals surface area contributed by atoms with Crippen molar-refractivity contribution in [1.82, 2.24) is 20.2 Å². The van der Waals surface area contributed by atoms with Crippen molar-refractivity contribution in [3.8, 4) is 11.3 Å². The summed E-state index contributed by atoms with van der Waals surface area (Å²) in [7, 11) is 0. The Kier molecular flexibility index (Phi) is 5.31. The van der Waals surface area contributed by atoms with Crippen LogP contribution in [-0.4, -0.2) is 37.2 Å². The number of Topliss-reactive ketones (excluding diaryl/α,β-unsaturated/α-hetero) is 1. The van der Waals surface area contributed by atoms with Gasteiger partial charge >= 0.3 is 0 Å². The number of hydrogen-bond acceptors (Lipinski definition) is 6. The largest absolute Gasteiger partial charge is 0.393 e. The van der Waals surface area contributed by atoms with Crippen LogP contribution in [0.25, 0.3) is 11.3 Å². The Morgan fingerprint density at radius 3 is 2.65 bits per heavy atom. The van der Waals surface area contributed by atoms with Gasteiger partial charge in [-0.3, -0.25) is 9.78 Å². The minimum Gasteiger partial charge on any atom is -0.393 e. The van der Waals surface area contributed by atoms with Crippen molar-refractivity contribution in [2.75, 3.05) is 0 Å². The zero-order valence-corrected chi connectivity index (χ0v) is 19.3. The van der Waals surface area contributed by atoms with E-state index in [1.165, 1.54) is 24.4 Å². The summed E-state index contributed by atoms with van der Waals surface area (Å²) in [5.41, 5.74) is 1.62. The number of aliphatic hydroxyl groups excluding tert-OH is 1. The summed E-state index contributed by atoms with van der Waals surface area (Å²) in [5.74, 6) is -1.43. The molecular weight excluding hydrogens is 438 g/mol. The third-order valence-electron chi connectivity index (χ3n) is 7.75. The van der Waals surface area contributed by atoms with Crippen molar-refractivity contribution in [3.05, 3.63) is 70.9 Å². The van der Waals surface area contributed by atoms with Gasteiger partial charge in [0, 0.05) is 12.6 Å². The normalized spacial score (nSPS) is 23.1. The molecule has 1 saturated carbocycles. The SMILES string of the molecule is C[C@H](O)CCC(=O)c1cncc([C@]23CC[C@H](c4cc(-c5c(F)cccc5F)nnc42)C3(C)C)n1. The number of carbonyl (C=O) groups excluding carboxylic acids is 1. The van der Waals surface area contributed by atoms with E-state index < -0.39 is 23.2 Å². The third-order valence-corrected chi connectivity index (χ3v) is 7.75. The van der Waals surface area contributed by atoms with Crippen LogP contribution in [-0.2, 0) is 5.41 Å². The predicted octanol–water partition coefficient (Wildman–Crippen LogP) is 4.76. The molecule has 3 aromatic rings. The number of aliphatic hydroxyl groups is 1. The summed E-state index contributed by atoms with van der Waals surface area (Å²) in [5, 5.41) is 18.3. The molecular formula is C26H26F2N4O2. The van der Waals surface area contributed by atoms with E-state index in [9.17, 15) is 18.7 Å². The molecule has 0 aliphatic heterocycles. The van der Waals surface area contributed by atoms with Crippen LogP contribution in [0.5, 0.6) is 0 Å². The molecule has 0 saturated heterocycles. The zero-order chi connectivity index (χ0) is 24.3. The number of halogens is 2. The molecule has 2 heterocycles. The quantitative estimate of drug-likeness (QED) is 0.529. The van der Waals surface area contributed by atoms with Gasteiger partial charge in [0.2, 0.25) is 0 Å². The van der Waals surface area contributed by atoms with Crippen LogP contribution in [0.1, 0.15) is 79.8 Å². The molecule has 2 bridgehead atoms. The summed E-state index contributed by atoms with van der Waals surface area (Å²) in [6, 6.07) is 5.49. The lowest BCUT2D eigenvalue weighted by Gasteiger charge is -2.37. The second kappa shape index (κ2) is 7.98. The van der Waals surface area contributed by atoms with Gasteiger partial charge in [0.05, 0.1) is 40.4 Å². The maximum Gasteiger partial charge on any atom is 0.182 e. The molecule has 34 heavy (non-hydrogen) atoms. The van der Waals surface area contributed by atoms with E-state index >= 15 is 0 Å². The van der Waals surface area contributed by atoms with Crippen LogP contribution < -0.4 is 0 Å². The van der Waals surface area contributed by atoms with Crippen molar-refractivity contribution in [3.63, 3.8) is 0 Å². The Bertz CT molecular complexity index is 1270. The second-order valence-electron chi connectivity index (χ2n) is 9.95. The van der Waals surface area contributed by atoms with Crippen LogP contribution in [0.15, 0.2) is 36.7 Å². The standard InChI is InChI=1S/C26H26F2N4O2/c1-14(33)7-8-21(34)20-12-29-13-22(30-20)26-10-9-16(25(26,2)3)15-11-19(31-32-24(15)26)23-17(27)5-4-6-18(23)28/h4-6,11-14,16,33H,7-10H2,1-3H3/t14-,16+,26+/m0/s1. The Morgan fingerprint density at radius 1 is 1.21 bits per heavy atom. The fourth-order valence-corrected chi connectivity index (χ4v) is 5.93. The highest BCUT2D eigenvalue weighted by molar-refractivity contribution is 5.94. The number of ketones is 1. The van der Waals surface area contributed by atoms with E-state index in [2.05, 4.69) is 29.0 Å². The van der Waals surface area contributed by atoms with Crippen molar-refractivity contribution < 1.29 is 18.7 Å². The van der Waals surface area contributed by atoms with E-state index in [-0.39, 0.29) is 40.5 Å². The topological polar surface area (TPSA) is 88.9 Å². The van der Waals surface area contributed by atoms with Gasteiger partial charge < -0.3 is 5.11 Å². The Labute approximate surface area is 196 Å². The van der Waals surface area contributed by atoms with Crippen molar-refractivity contribution in [1.29, 1.82) is 0 Å². The summed E-state index contributed by atoms with van der Waals surface area (Å²) < 4.78 is 28.9. The van der Waals surface area contributed by atoms with Gasteiger partial charge in [-0.1, -0.05) is 19.9 Å². The lowest BCUT2D eigenvalue weighted by Crippen LogP contribution is -2.38. The first-order valence-corrected chi connectivity index (χ1v) is 11.5. The Morgan fingerprint density at radius 2 is 1.94 bits per heavy atom. The summed E-state index contributed by atoms with van der Waals surface area (Å²) in [6.45, 7) is 5.92. The van der Waals surface area contributed by atoms with E-state index in [0.717, 1.165) is 24.1 Å². The summed E-state index contributed by atoms with van der Waals surface area (Å²) in [4.78, 5) is 21.7. The molecule has 176 valence electrons. The van der Waals surface area contributed by atoms with Crippen molar-refractivity contribution in [2.24, 2.45) is 5.41 Å². The molecule has 8 heteroatoms. The number of fused-ring (bicyclic) bond motifs is 5. The van der Waals surface area contributed by atoms with Gasteiger partial charge in [0.15, 0.2) is 5.78 Å². The lowest BCUT2D eigenvalue weighted by molar-refractivity contribution is 0.0943. The average Bonchev–Trinajstić information content (AvgIpc) is 3.18. The van der Waals surface area contributed by atoms with Crippen molar-refractivity contribution in [2.45, 2.75) is 63.9 Å². The van der Waals surface area contributed by atoms with Gasteiger partial charge in [-0.2, -0.15) is 5.10 Å². The Hall–Kier alpha value is -3.13. The van der Waals surface area contributed by atoms with Crippen molar-refractivity contribution >= 4 is 5.78 Å². The van der Waals surface area contributed by atoms with Crippen LogP contribution in [0, 0.1) is 17.0 Å². The fraction of sp³-hybridized carbons (Fsp3) is 0.423. The third kappa shape index (κ3) is 3.19. The number of carbonyl (C=O) groups is 1. The van der Waals surface area contributed by atoms with Crippen LogP contribution in [0.4, 0.5) is 8.78 Å². The first kappa shape index (κ1) is 22.7. The molecule has 0 amide bonds. The molecule has 2 aliphatic carbocycles. The molecule has 0 radical (unpaired) electrons. The lowest BCUT2D eigenvalue weighted by atomic mass is 9.66. The van der Waals surface area contributed by atoms with Gasteiger partial charge in [-0.15, -0.1) is 5.10 Å². The average molecular weight is 465 g/mol. The first-order chi connectivity index (χ1) is 16.2. The molecule has 6 nitrogen and oxygen atoms in total. The van der Waals surface area contributed by atoms with Gasteiger partial charge in [-0.05, 0) is 61.3 Å². The van der Waals surface area contributed by atoms with Gasteiger partial charge in [-0.25, -0.2) is 13.8 Å². The Balaban J connectivity index is 1.61. The van der Waals surface area contributed by atoms with E-state index in [1.807, 2.05) is 0 Å². The van der Waals surface area contributed by atoms with E-state index in [0.29, 0.717) is 12.1 Å². The molecule has 0 unspecified atom stereocenters. The monoisotopic (exact) mass is 464 g/mol. The molecule has 3 atom stereocenters. The summed E-state index contributed by atoms with van der Waals surface area (Å²) >= 11 is 0. The number of rotatable bonds is 6. The maximum absolute atomic E-state index is 14.4. The summed E-state index contributed by atoms with van der Waals surface area (Å²) in [6.07, 6.45) is 4.72. The van der Waals surface area contributed by atoms with Crippen LogP contribution in [0.2, 0.25) is 0 Å². The number of aromatic nitrogens is 4. The van der Waals surface area contributed by atoms with Crippen LogP contribution in [0.3, 0.4) is 0 Å². The molecule has 1 fully saturated rings. The number of hydrogen-bond donors (Lipinski definition) is 1. The van der Waals surface area contributed by atoms with Gasteiger partial charge in [0.25, 0.3) is 0 Å². The molecule has 1 aromatic carbocycles. The van der Waals surface area contributed by atoms with E-state index in [4.69, 9.17) is 4.98 Å². The highest BCUT2D eigenvalue weighted by Gasteiger charge is 2.65. The predicted molar refractivity (Wildman–Crippen MR) is 121 cm³/mol. The first-order valence-electron chi connectivity index (χ1n) is 11.5. The fourth-order valence-electron chi connectivity index (χ4n) is 5.93. The minimum atomic E-state index is -0.680. The molecule has 2 aromatic heterocycles. The molecule has 5 rings (SSSR count). The molecule has 1 N–H and O–H groups in total. The molecule has 2 aliphatic rings. The zero-order valence-electron chi connectivity index (χ0n) is 19.3. The maximum atomic E-state index is 14.4. The highest BCUT2D eigenvalue weighted by atomic mass is 19.1. The smallest absolute Gasteiger partial charge is 0.182 e. The number of nitrogens with zero attached hydrogens (tertiary/aromatic N) is 4. The second-order valence-corrected chi connectivity index (χ2v) is 9.95. The molecule has 0 spiro atoms.